The van der Waals surface area contributed by atoms with Crippen LogP contribution in [0.15, 0.2) is 24.8 Å². The van der Waals surface area contributed by atoms with Crippen LogP contribution in [0.3, 0.4) is 0 Å². The van der Waals surface area contributed by atoms with E-state index in [0.717, 1.165) is 68.1 Å². The van der Waals surface area contributed by atoms with Gasteiger partial charge in [0.25, 0.3) is 0 Å². The van der Waals surface area contributed by atoms with Crippen molar-refractivity contribution in [3.8, 4) is 17.2 Å². The summed E-state index contributed by atoms with van der Waals surface area (Å²) < 4.78 is 17.2. The minimum atomic E-state index is -0.0709. The Morgan fingerprint density at radius 1 is 1.28 bits per heavy atom. The molecule has 2 aliphatic rings. The number of allylic oxidation sites excluding steroid dienone is 1. The van der Waals surface area contributed by atoms with Crippen molar-refractivity contribution in [3.63, 3.8) is 0 Å². The Balaban J connectivity index is 1.79. The van der Waals surface area contributed by atoms with E-state index < -0.39 is 0 Å². The predicted molar refractivity (Wildman–Crippen MR) is 97.4 cm³/mol. The molecule has 0 bridgehead atoms. The van der Waals surface area contributed by atoms with Crippen LogP contribution < -0.4 is 14.2 Å². The van der Waals surface area contributed by atoms with Crippen LogP contribution in [0.2, 0.25) is 0 Å². The van der Waals surface area contributed by atoms with Crippen molar-refractivity contribution in [3.05, 3.63) is 30.4 Å². The van der Waals surface area contributed by atoms with E-state index in [-0.39, 0.29) is 12.0 Å². The summed E-state index contributed by atoms with van der Waals surface area (Å²) in [6.07, 6.45) is 5.79. The molecule has 1 fully saturated rings. The molecule has 1 aromatic rings. The summed E-state index contributed by atoms with van der Waals surface area (Å²) in [4.78, 5) is 2.39. The number of nitrogens with zero attached hydrogens (tertiary/aromatic N) is 1. The molecular weight excluding hydrogens is 318 g/mol. The largest absolute Gasteiger partial charge is 0.496 e. The highest BCUT2D eigenvalue weighted by Gasteiger charge is 2.34. The molecule has 2 heterocycles. The number of likely N-dealkylation sites (tertiary alicyclic amines) is 1. The fourth-order valence-corrected chi connectivity index (χ4v) is 3.90. The van der Waals surface area contributed by atoms with Gasteiger partial charge >= 0.3 is 0 Å². The summed E-state index contributed by atoms with van der Waals surface area (Å²) in [6, 6.07) is 3.98. The smallest absolute Gasteiger partial charge is 0.164 e. The fourth-order valence-electron chi connectivity index (χ4n) is 3.90. The van der Waals surface area contributed by atoms with Crippen LogP contribution in [-0.2, 0) is 6.54 Å². The SMILES string of the molecule is C=CC[C@@]1(CO)CCCN(Cc2cc3c(cc2OC)OCCCO3)C1. The van der Waals surface area contributed by atoms with Gasteiger partial charge in [-0.25, -0.2) is 0 Å². The first-order chi connectivity index (χ1) is 12.2. The molecule has 1 N–H and O–H groups in total. The van der Waals surface area contributed by atoms with E-state index in [2.05, 4.69) is 11.5 Å². The van der Waals surface area contributed by atoms with Crippen LogP contribution in [0.1, 0.15) is 31.2 Å². The zero-order valence-electron chi connectivity index (χ0n) is 15.1. The number of ether oxygens (including phenoxy) is 3. The average molecular weight is 347 g/mol. The Labute approximate surface area is 150 Å². The van der Waals surface area contributed by atoms with E-state index in [9.17, 15) is 5.11 Å². The quantitative estimate of drug-likeness (QED) is 0.802. The van der Waals surface area contributed by atoms with E-state index >= 15 is 0 Å². The minimum absolute atomic E-state index is 0.0709. The molecule has 138 valence electrons. The van der Waals surface area contributed by atoms with E-state index in [1.807, 2.05) is 18.2 Å². The second-order valence-corrected chi connectivity index (χ2v) is 7.13. The van der Waals surface area contributed by atoms with Gasteiger partial charge in [0.1, 0.15) is 5.75 Å². The molecule has 3 rings (SSSR count). The van der Waals surface area contributed by atoms with Gasteiger partial charge in [0.15, 0.2) is 11.5 Å². The minimum Gasteiger partial charge on any atom is -0.496 e. The Kier molecular flexibility index (Phi) is 5.86. The van der Waals surface area contributed by atoms with E-state index in [4.69, 9.17) is 14.2 Å². The van der Waals surface area contributed by atoms with Crippen molar-refractivity contribution in [1.29, 1.82) is 0 Å². The maximum absolute atomic E-state index is 9.91. The Hall–Kier alpha value is -1.72. The molecule has 0 saturated carbocycles. The zero-order chi connectivity index (χ0) is 17.7. The Morgan fingerprint density at radius 2 is 2.04 bits per heavy atom. The zero-order valence-corrected chi connectivity index (χ0v) is 15.1. The lowest BCUT2D eigenvalue weighted by Crippen LogP contribution is -2.44. The van der Waals surface area contributed by atoms with Crippen LogP contribution in [0, 0.1) is 5.41 Å². The number of hydrogen-bond donors (Lipinski definition) is 1. The van der Waals surface area contributed by atoms with Crippen molar-refractivity contribution in [2.45, 2.75) is 32.2 Å². The van der Waals surface area contributed by atoms with Crippen LogP contribution in [-0.4, -0.2) is 50.0 Å². The average Bonchev–Trinajstić information content (AvgIpc) is 2.86. The Morgan fingerprint density at radius 3 is 2.72 bits per heavy atom. The second-order valence-electron chi connectivity index (χ2n) is 7.13. The number of aliphatic hydroxyl groups is 1. The van der Waals surface area contributed by atoms with E-state index in [0.29, 0.717) is 13.2 Å². The molecule has 0 unspecified atom stereocenters. The third kappa shape index (κ3) is 4.10. The van der Waals surface area contributed by atoms with Gasteiger partial charge in [-0.15, -0.1) is 6.58 Å². The van der Waals surface area contributed by atoms with Crippen molar-refractivity contribution in [2.75, 3.05) is 40.0 Å². The van der Waals surface area contributed by atoms with Crippen LogP contribution >= 0.6 is 0 Å². The van der Waals surface area contributed by atoms with Gasteiger partial charge in [0.05, 0.1) is 26.9 Å². The van der Waals surface area contributed by atoms with E-state index in [1.165, 1.54) is 0 Å². The van der Waals surface area contributed by atoms with Gasteiger partial charge in [0.2, 0.25) is 0 Å². The summed E-state index contributed by atoms with van der Waals surface area (Å²) >= 11 is 0. The van der Waals surface area contributed by atoms with Gasteiger partial charge in [0, 0.05) is 36.6 Å². The molecular formula is C20H29NO4. The van der Waals surface area contributed by atoms with Crippen LogP contribution in [0.4, 0.5) is 0 Å². The first-order valence-electron chi connectivity index (χ1n) is 9.10. The molecule has 5 heteroatoms. The first kappa shape index (κ1) is 18.1. The third-order valence-electron chi connectivity index (χ3n) is 5.20. The normalized spacial score (nSPS) is 23.8. The number of methoxy groups -OCH3 is 1. The maximum atomic E-state index is 9.91. The van der Waals surface area contributed by atoms with Gasteiger partial charge in [-0.1, -0.05) is 6.08 Å². The molecule has 1 saturated heterocycles. The van der Waals surface area contributed by atoms with Gasteiger partial charge in [-0.3, -0.25) is 4.90 Å². The topological polar surface area (TPSA) is 51.2 Å². The summed E-state index contributed by atoms with van der Waals surface area (Å²) in [5.74, 6) is 2.38. The molecule has 0 spiro atoms. The summed E-state index contributed by atoms with van der Waals surface area (Å²) in [5, 5.41) is 9.91. The lowest BCUT2D eigenvalue weighted by Gasteiger charge is -2.41. The number of aliphatic hydroxyl groups excluding tert-OH is 1. The highest BCUT2D eigenvalue weighted by atomic mass is 16.5. The lowest BCUT2D eigenvalue weighted by atomic mass is 9.77. The molecule has 2 aliphatic heterocycles. The monoisotopic (exact) mass is 347 g/mol. The number of piperidine rings is 1. The van der Waals surface area contributed by atoms with Crippen molar-refractivity contribution >= 4 is 0 Å². The lowest BCUT2D eigenvalue weighted by molar-refractivity contribution is 0.0306. The highest BCUT2D eigenvalue weighted by molar-refractivity contribution is 5.51. The summed E-state index contributed by atoms with van der Waals surface area (Å²) in [5.41, 5.74) is 1.03. The molecule has 0 aliphatic carbocycles. The standard InChI is InChI=1S/C20H29NO4/c1-3-6-20(15-22)7-4-8-21(14-20)13-16-11-18-19(12-17(16)23-2)25-10-5-9-24-18/h3,11-12,22H,1,4-10,13-15H2,2H3/t20-/m1/s1. The summed E-state index contributed by atoms with van der Waals surface area (Å²) in [7, 11) is 1.69. The number of rotatable bonds is 6. The molecule has 1 atom stereocenters. The molecule has 5 nitrogen and oxygen atoms in total. The van der Waals surface area contributed by atoms with Gasteiger partial charge < -0.3 is 19.3 Å². The van der Waals surface area contributed by atoms with Crippen LogP contribution in [0.5, 0.6) is 17.2 Å². The fraction of sp³-hybridized carbons (Fsp3) is 0.600. The third-order valence-corrected chi connectivity index (χ3v) is 5.20. The van der Waals surface area contributed by atoms with Gasteiger partial charge in [-0.2, -0.15) is 0 Å². The molecule has 0 amide bonds. The summed E-state index contributed by atoms with van der Waals surface area (Å²) in [6.45, 7) is 8.08. The van der Waals surface area contributed by atoms with Crippen molar-refractivity contribution in [1.82, 2.24) is 4.90 Å². The number of fused-ring (bicyclic) bond motifs is 1. The van der Waals surface area contributed by atoms with Crippen molar-refractivity contribution in [2.24, 2.45) is 5.41 Å². The maximum Gasteiger partial charge on any atom is 0.164 e. The van der Waals surface area contributed by atoms with Crippen molar-refractivity contribution < 1.29 is 19.3 Å². The molecule has 25 heavy (non-hydrogen) atoms. The van der Waals surface area contributed by atoms with Crippen LogP contribution in [0.25, 0.3) is 0 Å². The first-order valence-corrected chi connectivity index (χ1v) is 9.10. The van der Waals surface area contributed by atoms with Gasteiger partial charge in [-0.05, 0) is 31.9 Å². The highest BCUT2D eigenvalue weighted by Crippen LogP contribution is 2.39. The predicted octanol–water partition coefficient (Wildman–Crippen LogP) is 3.01. The Bertz CT molecular complexity index is 604. The number of hydrogen-bond acceptors (Lipinski definition) is 5. The second kappa shape index (κ2) is 8.11. The molecule has 0 aromatic heterocycles. The molecule has 1 aromatic carbocycles. The number of benzene rings is 1. The van der Waals surface area contributed by atoms with E-state index in [1.54, 1.807) is 7.11 Å². The molecule has 0 radical (unpaired) electrons.